The molecule has 6 heteroatoms. The van der Waals surface area contributed by atoms with E-state index in [0.717, 1.165) is 0 Å². The van der Waals surface area contributed by atoms with Crippen LogP contribution in [0.5, 0.6) is 0 Å². The van der Waals surface area contributed by atoms with Gasteiger partial charge < -0.3 is 10.1 Å². The number of nitriles is 1. The lowest BCUT2D eigenvalue weighted by atomic mass is 9.98. The lowest BCUT2D eigenvalue weighted by molar-refractivity contribution is 0.143. The minimum absolute atomic E-state index is 0.0410. The Balaban J connectivity index is 1.28. The first kappa shape index (κ1) is 19.2. The molecule has 30 heavy (non-hydrogen) atoms. The lowest BCUT2D eigenvalue weighted by Crippen LogP contribution is -2.26. The number of carbonyl (C=O) groups excluding carboxylic acids is 1. The number of ether oxygens (including phenoxy) is 1. The summed E-state index contributed by atoms with van der Waals surface area (Å²) in [6.07, 6.45) is 3.00. The number of alkyl carbamates (subject to hydrolysis) is 1. The zero-order chi connectivity index (χ0) is 20.8. The predicted octanol–water partition coefficient (Wildman–Crippen LogP) is 3.63. The summed E-state index contributed by atoms with van der Waals surface area (Å²) in [4.78, 5) is 19.8. The van der Waals surface area contributed by atoms with Crippen LogP contribution in [-0.4, -0.2) is 29.2 Å². The summed E-state index contributed by atoms with van der Waals surface area (Å²) in [5.41, 5.74) is 5.38. The summed E-state index contributed by atoms with van der Waals surface area (Å²) < 4.78 is 5.48. The molecule has 1 aliphatic rings. The van der Waals surface area contributed by atoms with Gasteiger partial charge in [0.2, 0.25) is 5.82 Å². The molecule has 1 amide bonds. The lowest BCUT2D eigenvalue weighted by Gasteiger charge is -2.14. The highest BCUT2D eigenvalue weighted by Crippen LogP contribution is 2.44. The molecule has 0 unspecified atom stereocenters. The highest BCUT2D eigenvalue weighted by Gasteiger charge is 2.28. The molecule has 0 saturated carbocycles. The number of nitrogens with zero attached hydrogens (tertiary/aromatic N) is 3. The highest BCUT2D eigenvalue weighted by molar-refractivity contribution is 5.79. The predicted molar refractivity (Wildman–Crippen MR) is 111 cm³/mol. The third kappa shape index (κ3) is 4.14. The normalized spacial score (nSPS) is 11.4. The van der Waals surface area contributed by atoms with Gasteiger partial charge >= 0.3 is 6.09 Å². The van der Waals surface area contributed by atoms with Gasteiger partial charge in [0.05, 0.1) is 5.56 Å². The Bertz CT molecular complexity index is 1120. The molecule has 3 aromatic rings. The summed E-state index contributed by atoms with van der Waals surface area (Å²) in [5, 5.41) is 11.4. The number of hydrogen-bond acceptors (Lipinski definition) is 5. The van der Waals surface area contributed by atoms with Crippen LogP contribution in [0, 0.1) is 23.2 Å². The van der Waals surface area contributed by atoms with Gasteiger partial charge in [0.15, 0.2) is 0 Å². The molecule has 0 fully saturated rings. The Hall–Kier alpha value is -4.16. The average molecular weight is 394 g/mol. The number of benzene rings is 2. The SMILES string of the molecule is N#Cc1ncc(C#CCCNC(=O)OCC2c3ccccc3-c3ccccc32)cn1. The maximum Gasteiger partial charge on any atom is 0.407 e. The third-order valence-corrected chi connectivity index (χ3v) is 4.85. The fourth-order valence-corrected chi connectivity index (χ4v) is 3.49. The molecule has 1 aromatic heterocycles. The smallest absolute Gasteiger partial charge is 0.407 e. The Morgan fingerprint density at radius 3 is 2.30 bits per heavy atom. The summed E-state index contributed by atoms with van der Waals surface area (Å²) in [6, 6.07) is 18.3. The maximum absolute atomic E-state index is 12.1. The second-order valence-corrected chi connectivity index (χ2v) is 6.71. The molecule has 6 nitrogen and oxygen atoms in total. The van der Waals surface area contributed by atoms with Crippen molar-refractivity contribution in [3.63, 3.8) is 0 Å². The Morgan fingerprint density at radius 1 is 1.03 bits per heavy atom. The molecule has 0 atom stereocenters. The molecule has 0 aliphatic heterocycles. The van der Waals surface area contributed by atoms with E-state index in [4.69, 9.17) is 10.00 Å². The van der Waals surface area contributed by atoms with Crippen molar-refractivity contribution in [3.8, 4) is 29.0 Å². The summed E-state index contributed by atoms with van der Waals surface area (Å²) in [6.45, 7) is 0.662. The molecule has 1 heterocycles. The van der Waals surface area contributed by atoms with Crippen molar-refractivity contribution in [1.82, 2.24) is 15.3 Å². The van der Waals surface area contributed by atoms with Gasteiger partial charge in [-0.2, -0.15) is 5.26 Å². The summed E-state index contributed by atoms with van der Waals surface area (Å²) >= 11 is 0. The molecule has 2 aromatic carbocycles. The number of carbonyl (C=O) groups is 1. The Labute approximate surface area is 174 Å². The van der Waals surface area contributed by atoms with E-state index in [1.165, 1.54) is 34.6 Å². The van der Waals surface area contributed by atoms with Crippen molar-refractivity contribution >= 4 is 6.09 Å². The fraction of sp³-hybridized carbons (Fsp3) is 0.167. The molecular weight excluding hydrogens is 376 g/mol. The van der Waals surface area contributed by atoms with Crippen molar-refractivity contribution in [3.05, 3.63) is 83.4 Å². The monoisotopic (exact) mass is 394 g/mol. The van der Waals surface area contributed by atoms with E-state index in [1.54, 1.807) is 0 Å². The van der Waals surface area contributed by atoms with Crippen LogP contribution in [0.25, 0.3) is 11.1 Å². The molecular formula is C24H18N4O2. The van der Waals surface area contributed by atoms with Crippen molar-refractivity contribution in [2.45, 2.75) is 12.3 Å². The zero-order valence-electron chi connectivity index (χ0n) is 16.1. The Morgan fingerprint density at radius 2 is 1.67 bits per heavy atom. The minimum atomic E-state index is -0.458. The molecule has 0 spiro atoms. The quantitative estimate of drug-likeness (QED) is 0.539. The summed E-state index contributed by atoms with van der Waals surface area (Å²) in [5.74, 6) is 5.98. The third-order valence-electron chi connectivity index (χ3n) is 4.85. The number of aromatic nitrogens is 2. The van der Waals surface area contributed by atoms with Crippen LogP contribution >= 0.6 is 0 Å². The molecule has 0 saturated heterocycles. The van der Waals surface area contributed by atoms with Gasteiger partial charge in [-0.15, -0.1) is 0 Å². The highest BCUT2D eigenvalue weighted by atomic mass is 16.5. The van der Waals surface area contributed by atoms with E-state index in [2.05, 4.69) is 51.4 Å². The zero-order valence-corrected chi connectivity index (χ0v) is 16.1. The van der Waals surface area contributed by atoms with Crippen LogP contribution in [0.4, 0.5) is 4.79 Å². The second-order valence-electron chi connectivity index (χ2n) is 6.71. The number of fused-ring (bicyclic) bond motifs is 3. The second kappa shape index (κ2) is 8.89. The largest absolute Gasteiger partial charge is 0.449 e. The molecule has 1 aliphatic carbocycles. The average Bonchev–Trinajstić information content (AvgIpc) is 3.12. The van der Waals surface area contributed by atoms with E-state index in [0.29, 0.717) is 18.5 Å². The van der Waals surface area contributed by atoms with E-state index >= 15 is 0 Å². The first-order chi connectivity index (χ1) is 14.8. The number of rotatable bonds is 4. The first-order valence-corrected chi connectivity index (χ1v) is 9.56. The minimum Gasteiger partial charge on any atom is -0.449 e. The number of nitrogens with one attached hydrogen (secondary N) is 1. The van der Waals surface area contributed by atoms with Crippen LogP contribution in [0.2, 0.25) is 0 Å². The Kier molecular flexibility index (Phi) is 5.68. The molecule has 1 N–H and O–H groups in total. The first-order valence-electron chi connectivity index (χ1n) is 9.56. The van der Waals surface area contributed by atoms with E-state index in [-0.39, 0.29) is 18.3 Å². The summed E-state index contributed by atoms with van der Waals surface area (Å²) in [7, 11) is 0. The molecule has 4 rings (SSSR count). The van der Waals surface area contributed by atoms with Gasteiger partial charge in [-0.1, -0.05) is 60.4 Å². The van der Waals surface area contributed by atoms with Crippen LogP contribution in [0.3, 0.4) is 0 Å². The van der Waals surface area contributed by atoms with Gasteiger partial charge in [0, 0.05) is 31.3 Å². The standard InChI is InChI=1S/C24H18N4O2/c25-13-23-27-14-17(15-28-23)7-5-6-12-26-24(29)30-16-22-20-10-3-1-8-18(20)19-9-2-4-11-21(19)22/h1-4,8-11,14-15,22H,6,12,16H2,(H,26,29). The number of hydrogen-bond donors (Lipinski definition) is 1. The van der Waals surface area contributed by atoms with Gasteiger partial charge in [0.25, 0.3) is 0 Å². The van der Waals surface area contributed by atoms with Crippen LogP contribution in [0.1, 0.15) is 34.9 Å². The van der Waals surface area contributed by atoms with Gasteiger partial charge in [-0.05, 0) is 22.3 Å². The van der Waals surface area contributed by atoms with Gasteiger partial charge in [-0.3, -0.25) is 0 Å². The van der Waals surface area contributed by atoms with Crippen LogP contribution in [-0.2, 0) is 4.74 Å². The molecule has 0 radical (unpaired) electrons. The van der Waals surface area contributed by atoms with Crippen molar-refractivity contribution in [1.29, 1.82) is 5.26 Å². The molecule has 146 valence electrons. The van der Waals surface area contributed by atoms with Crippen molar-refractivity contribution in [2.75, 3.05) is 13.2 Å². The molecule has 0 bridgehead atoms. The van der Waals surface area contributed by atoms with Crippen LogP contribution in [0.15, 0.2) is 60.9 Å². The maximum atomic E-state index is 12.1. The van der Waals surface area contributed by atoms with Gasteiger partial charge in [-0.25, -0.2) is 14.8 Å². The van der Waals surface area contributed by atoms with E-state index in [9.17, 15) is 4.79 Å². The van der Waals surface area contributed by atoms with Crippen LogP contribution < -0.4 is 5.32 Å². The van der Waals surface area contributed by atoms with E-state index < -0.39 is 6.09 Å². The van der Waals surface area contributed by atoms with Crippen molar-refractivity contribution in [2.24, 2.45) is 0 Å². The topological polar surface area (TPSA) is 87.9 Å². The fourth-order valence-electron chi connectivity index (χ4n) is 3.49. The van der Waals surface area contributed by atoms with E-state index in [1.807, 2.05) is 30.3 Å². The van der Waals surface area contributed by atoms with Crippen molar-refractivity contribution < 1.29 is 9.53 Å². The van der Waals surface area contributed by atoms with Gasteiger partial charge in [0.1, 0.15) is 12.7 Å². The number of amides is 1.